The summed E-state index contributed by atoms with van der Waals surface area (Å²) in [5, 5.41) is 6.66. The molecule has 2 rings (SSSR count). The summed E-state index contributed by atoms with van der Waals surface area (Å²) in [7, 11) is 1.77. The van der Waals surface area contributed by atoms with Gasteiger partial charge in [0, 0.05) is 19.0 Å². The largest absolute Gasteiger partial charge is 0.464 e. The van der Waals surface area contributed by atoms with E-state index in [-0.39, 0.29) is 11.5 Å². The van der Waals surface area contributed by atoms with E-state index in [4.69, 9.17) is 9.15 Å². The summed E-state index contributed by atoms with van der Waals surface area (Å²) in [5.74, 6) is 2.62. The molecule has 19 heavy (non-hydrogen) atoms. The molecule has 5 nitrogen and oxygen atoms in total. The fraction of sp³-hybridized carbons (Fsp3) is 0.643. The molecule has 0 amide bonds. The molecule has 0 aliphatic carbocycles. The third-order valence-electron chi connectivity index (χ3n) is 3.35. The maximum absolute atomic E-state index is 5.60. The normalized spacial score (nSPS) is 19.7. The Balaban J connectivity index is 1.85. The van der Waals surface area contributed by atoms with Crippen molar-refractivity contribution < 1.29 is 9.15 Å². The lowest BCUT2D eigenvalue weighted by Crippen LogP contribution is -2.51. The molecule has 0 radical (unpaired) electrons. The number of ether oxygens (including phenoxy) is 1. The molecule has 0 saturated carbocycles. The summed E-state index contributed by atoms with van der Waals surface area (Å²) in [6, 6.07) is 4.04. The molecular formula is C14H23N3O2. The minimum Gasteiger partial charge on any atom is -0.464 e. The first-order valence-electron chi connectivity index (χ1n) is 6.64. The van der Waals surface area contributed by atoms with E-state index in [2.05, 4.69) is 29.5 Å². The lowest BCUT2D eigenvalue weighted by atomic mass is 9.89. The van der Waals surface area contributed by atoms with E-state index in [1.807, 2.05) is 19.1 Å². The number of aliphatic imine (C=N–C) groups is 1. The van der Waals surface area contributed by atoms with E-state index in [0.29, 0.717) is 0 Å². The molecule has 106 valence electrons. The van der Waals surface area contributed by atoms with Crippen LogP contribution in [0.1, 0.15) is 31.4 Å². The van der Waals surface area contributed by atoms with Crippen molar-refractivity contribution in [3.63, 3.8) is 0 Å². The predicted octanol–water partition coefficient (Wildman–Crippen LogP) is 1.85. The maximum atomic E-state index is 5.60. The number of furan rings is 1. The van der Waals surface area contributed by atoms with E-state index < -0.39 is 0 Å². The minimum atomic E-state index is 0.0883. The van der Waals surface area contributed by atoms with E-state index in [9.17, 15) is 0 Å². The van der Waals surface area contributed by atoms with Crippen LogP contribution in [0.4, 0.5) is 0 Å². The molecular weight excluding hydrogens is 242 g/mol. The standard InChI is InChI=1S/C14H23N3O2/c1-10-5-6-12(19-10)11(2)17-13(15-4)16-7-14(3)8-18-9-14/h5-6,11H,7-9H2,1-4H3,(H2,15,16,17). The van der Waals surface area contributed by atoms with E-state index in [1.54, 1.807) is 7.05 Å². The zero-order valence-corrected chi connectivity index (χ0v) is 12.1. The van der Waals surface area contributed by atoms with Crippen molar-refractivity contribution in [3.05, 3.63) is 23.7 Å². The lowest BCUT2D eigenvalue weighted by molar-refractivity contribution is -0.0971. The Morgan fingerprint density at radius 1 is 1.47 bits per heavy atom. The fourth-order valence-electron chi connectivity index (χ4n) is 2.01. The molecule has 1 atom stereocenters. The van der Waals surface area contributed by atoms with Crippen LogP contribution in [-0.4, -0.2) is 32.8 Å². The van der Waals surface area contributed by atoms with Crippen molar-refractivity contribution >= 4 is 5.96 Å². The quantitative estimate of drug-likeness (QED) is 0.644. The average Bonchev–Trinajstić information content (AvgIpc) is 2.78. The van der Waals surface area contributed by atoms with Crippen molar-refractivity contribution in [3.8, 4) is 0 Å². The Kier molecular flexibility index (Phi) is 4.14. The van der Waals surface area contributed by atoms with E-state index in [1.165, 1.54) is 0 Å². The summed E-state index contributed by atoms with van der Waals surface area (Å²) in [5.41, 5.74) is 0.224. The van der Waals surface area contributed by atoms with Crippen LogP contribution >= 0.6 is 0 Å². The van der Waals surface area contributed by atoms with Crippen LogP contribution < -0.4 is 10.6 Å². The highest BCUT2D eigenvalue weighted by atomic mass is 16.5. The number of nitrogens with one attached hydrogen (secondary N) is 2. The Labute approximate surface area is 114 Å². The van der Waals surface area contributed by atoms with Gasteiger partial charge in [0.15, 0.2) is 5.96 Å². The number of rotatable bonds is 4. The molecule has 1 aliphatic heterocycles. The minimum absolute atomic E-state index is 0.0883. The van der Waals surface area contributed by atoms with Gasteiger partial charge in [0.1, 0.15) is 11.5 Å². The number of hydrogen-bond donors (Lipinski definition) is 2. The van der Waals surface area contributed by atoms with Gasteiger partial charge < -0.3 is 19.8 Å². The molecule has 2 N–H and O–H groups in total. The van der Waals surface area contributed by atoms with Gasteiger partial charge in [-0.15, -0.1) is 0 Å². The van der Waals surface area contributed by atoms with Crippen LogP contribution in [0.3, 0.4) is 0 Å². The summed E-state index contributed by atoms with van der Waals surface area (Å²) < 4.78 is 10.8. The molecule has 1 unspecified atom stereocenters. The summed E-state index contributed by atoms with van der Waals surface area (Å²) in [4.78, 5) is 4.23. The predicted molar refractivity (Wildman–Crippen MR) is 75.3 cm³/mol. The van der Waals surface area contributed by atoms with Gasteiger partial charge in [-0.1, -0.05) is 6.92 Å². The number of guanidine groups is 1. The Hall–Kier alpha value is -1.49. The lowest BCUT2D eigenvalue weighted by Gasteiger charge is -2.38. The number of hydrogen-bond acceptors (Lipinski definition) is 3. The van der Waals surface area contributed by atoms with Crippen LogP contribution in [0.25, 0.3) is 0 Å². The highest BCUT2D eigenvalue weighted by Crippen LogP contribution is 2.25. The van der Waals surface area contributed by atoms with Crippen LogP contribution in [0.15, 0.2) is 21.5 Å². The first-order chi connectivity index (χ1) is 9.02. The molecule has 2 heterocycles. The van der Waals surface area contributed by atoms with Crippen molar-refractivity contribution in [1.82, 2.24) is 10.6 Å². The molecule has 0 spiro atoms. The van der Waals surface area contributed by atoms with E-state index in [0.717, 1.165) is 37.2 Å². The second kappa shape index (κ2) is 5.65. The van der Waals surface area contributed by atoms with Crippen molar-refractivity contribution in [2.45, 2.75) is 26.8 Å². The van der Waals surface area contributed by atoms with Crippen molar-refractivity contribution in [2.24, 2.45) is 10.4 Å². The van der Waals surface area contributed by atoms with Gasteiger partial charge in [-0.3, -0.25) is 4.99 Å². The summed E-state index contributed by atoms with van der Waals surface area (Å²) in [6.45, 7) is 8.68. The van der Waals surface area contributed by atoms with Gasteiger partial charge in [-0.2, -0.15) is 0 Å². The molecule has 0 bridgehead atoms. The van der Waals surface area contributed by atoms with Gasteiger partial charge in [0.05, 0.1) is 19.3 Å². The molecule has 0 aromatic carbocycles. The monoisotopic (exact) mass is 265 g/mol. The Morgan fingerprint density at radius 3 is 2.68 bits per heavy atom. The molecule has 1 aromatic heterocycles. The Bertz CT molecular complexity index is 449. The molecule has 1 fully saturated rings. The summed E-state index contributed by atoms with van der Waals surface area (Å²) >= 11 is 0. The Morgan fingerprint density at radius 2 is 2.21 bits per heavy atom. The zero-order valence-electron chi connectivity index (χ0n) is 12.1. The van der Waals surface area contributed by atoms with Gasteiger partial charge >= 0.3 is 0 Å². The third kappa shape index (κ3) is 3.50. The molecule has 5 heteroatoms. The van der Waals surface area contributed by atoms with Crippen LogP contribution in [-0.2, 0) is 4.74 Å². The van der Waals surface area contributed by atoms with Crippen LogP contribution in [0.2, 0.25) is 0 Å². The van der Waals surface area contributed by atoms with Gasteiger partial charge in [0.25, 0.3) is 0 Å². The van der Waals surface area contributed by atoms with Gasteiger partial charge in [0.2, 0.25) is 0 Å². The zero-order chi connectivity index (χ0) is 13.9. The highest BCUT2D eigenvalue weighted by Gasteiger charge is 2.33. The average molecular weight is 265 g/mol. The SMILES string of the molecule is CN=C(NCC1(C)COC1)NC(C)c1ccc(C)o1. The molecule has 1 saturated heterocycles. The maximum Gasteiger partial charge on any atom is 0.191 e. The van der Waals surface area contributed by atoms with Gasteiger partial charge in [-0.05, 0) is 26.0 Å². The first kappa shape index (κ1) is 13.9. The van der Waals surface area contributed by atoms with Gasteiger partial charge in [-0.25, -0.2) is 0 Å². The van der Waals surface area contributed by atoms with Crippen LogP contribution in [0, 0.1) is 12.3 Å². The fourth-order valence-corrected chi connectivity index (χ4v) is 2.01. The van der Waals surface area contributed by atoms with Crippen LogP contribution in [0.5, 0.6) is 0 Å². The molecule has 1 aromatic rings. The second-order valence-electron chi connectivity index (χ2n) is 5.54. The molecule has 1 aliphatic rings. The number of aryl methyl sites for hydroxylation is 1. The number of nitrogens with zero attached hydrogens (tertiary/aromatic N) is 1. The van der Waals surface area contributed by atoms with Crippen molar-refractivity contribution in [1.29, 1.82) is 0 Å². The third-order valence-corrected chi connectivity index (χ3v) is 3.35. The van der Waals surface area contributed by atoms with Crippen molar-refractivity contribution in [2.75, 3.05) is 26.8 Å². The second-order valence-corrected chi connectivity index (χ2v) is 5.54. The van der Waals surface area contributed by atoms with E-state index >= 15 is 0 Å². The topological polar surface area (TPSA) is 58.8 Å². The smallest absolute Gasteiger partial charge is 0.191 e. The highest BCUT2D eigenvalue weighted by molar-refractivity contribution is 5.80. The first-order valence-corrected chi connectivity index (χ1v) is 6.64. The summed E-state index contributed by atoms with van der Waals surface area (Å²) in [6.07, 6.45) is 0.